The molecule has 0 fully saturated rings. The summed E-state index contributed by atoms with van der Waals surface area (Å²) in [6.45, 7) is 1.79. The molecule has 0 bridgehead atoms. The van der Waals surface area contributed by atoms with Gasteiger partial charge in [0, 0.05) is 24.2 Å². The SMILES string of the molecule is COc1ccccc1CN(C)C(=O)[C@H](C)N(c1cc(Cl)ccc1OC)S(C)(=O)=O. The van der Waals surface area contributed by atoms with Crippen LogP contribution in [0.3, 0.4) is 0 Å². The van der Waals surface area contributed by atoms with Gasteiger partial charge < -0.3 is 14.4 Å². The Morgan fingerprint density at radius 2 is 1.72 bits per heavy atom. The van der Waals surface area contributed by atoms with Crippen molar-refractivity contribution in [3.8, 4) is 11.5 Å². The number of halogens is 1. The van der Waals surface area contributed by atoms with Crippen molar-refractivity contribution in [2.45, 2.75) is 19.5 Å². The molecular weight excluding hydrogens is 416 g/mol. The average Bonchev–Trinajstić information content (AvgIpc) is 2.67. The molecule has 158 valence electrons. The molecule has 0 aliphatic heterocycles. The summed E-state index contributed by atoms with van der Waals surface area (Å²) in [7, 11) is 0.784. The van der Waals surface area contributed by atoms with Gasteiger partial charge in [-0.1, -0.05) is 29.8 Å². The van der Waals surface area contributed by atoms with Crippen LogP contribution in [0, 0.1) is 0 Å². The molecule has 2 aromatic rings. The molecule has 0 heterocycles. The molecule has 1 atom stereocenters. The van der Waals surface area contributed by atoms with Crippen molar-refractivity contribution in [3.05, 3.63) is 53.1 Å². The van der Waals surface area contributed by atoms with Gasteiger partial charge in [-0.2, -0.15) is 0 Å². The second-order valence-electron chi connectivity index (χ2n) is 6.56. The molecule has 2 rings (SSSR count). The van der Waals surface area contributed by atoms with Gasteiger partial charge in [-0.25, -0.2) is 8.42 Å². The smallest absolute Gasteiger partial charge is 0.246 e. The summed E-state index contributed by atoms with van der Waals surface area (Å²) in [5.41, 5.74) is 1.01. The predicted octanol–water partition coefficient (Wildman–Crippen LogP) is 3.17. The first kappa shape index (κ1) is 22.8. The third-order valence-electron chi connectivity index (χ3n) is 4.42. The Morgan fingerprint density at radius 1 is 1.10 bits per heavy atom. The zero-order valence-electron chi connectivity index (χ0n) is 17.0. The molecule has 0 aliphatic rings. The van der Waals surface area contributed by atoms with Crippen molar-refractivity contribution in [2.75, 3.05) is 31.8 Å². The number of amides is 1. The highest BCUT2D eigenvalue weighted by atomic mass is 35.5. The third-order valence-corrected chi connectivity index (χ3v) is 5.88. The quantitative estimate of drug-likeness (QED) is 0.630. The van der Waals surface area contributed by atoms with Crippen molar-refractivity contribution < 1.29 is 22.7 Å². The summed E-state index contributed by atoms with van der Waals surface area (Å²) in [5.74, 6) is 0.562. The summed E-state index contributed by atoms with van der Waals surface area (Å²) in [4.78, 5) is 14.6. The number of sulfonamides is 1. The lowest BCUT2D eigenvalue weighted by Gasteiger charge is -2.32. The lowest BCUT2D eigenvalue weighted by Crippen LogP contribution is -2.48. The summed E-state index contributed by atoms with van der Waals surface area (Å²) in [5, 5.41) is 0.330. The number of hydrogen-bond acceptors (Lipinski definition) is 5. The summed E-state index contributed by atoms with van der Waals surface area (Å²) in [6, 6.07) is 10.9. The molecule has 0 saturated carbocycles. The fourth-order valence-electron chi connectivity index (χ4n) is 3.10. The Morgan fingerprint density at radius 3 is 2.31 bits per heavy atom. The number of carbonyl (C=O) groups is 1. The van der Waals surface area contributed by atoms with Gasteiger partial charge in [0.2, 0.25) is 15.9 Å². The zero-order chi connectivity index (χ0) is 21.8. The number of para-hydroxylation sites is 1. The van der Waals surface area contributed by atoms with Gasteiger partial charge in [-0.3, -0.25) is 9.10 Å². The van der Waals surface area contributed by atoms with Crippen molar-refractivity contribution in [1.82, 2.24) is 4.90 Å². The monoisotopic (exact) mass is 440 g/mol. The van der Waals surface area contributed by atoms with Crippen molar-refractivity contribution in [3.63, 3.8) is 0 Å². The second kappa shape index (κ2) is 9.37. The van der Waals surface area contributed by atoms with Crippen LogP contribution in [0.25, 0.3) is 0 Å². The van der Waals surface area contributed by atoms with Gasteiger partial charge in [0.1, 0.15) is 17.5 Å². The molecular formula is C20H25ClN2O5S. The molecule has 0 aliphatic carbocycles. The van der Waals surface area contributed by atoms with E-state index in [1.54, 1.807) is 32.4 Å². The number of ether oxygens (including phenoxy) is 2. The summed E-state index contributed by atoms with van der Waals surface area (Å²) < 4.78 is 36.8. The van der Waals surface area contributed by atoms with E-state index < -0.39 is 16.1 Å². The summed E-state index contributed by atoms with van der Waals surface area (Å²) in [6.07, 6.45) is 1.04. The highest BCUT2D eigenvalue weighted by molar-refractivity contribution is 7.92. The Kier molecular flexibility index (Phi) is 7.37. The second-order valence-corrected chi connectivity index (χ2v) is 8.85. The lowest BCUT2D eigenvalue weighted by molar-refractivity contribution is -0.131. The van der Waals surface area contributed by atoms with E-state index in [-0.39, 0.29) is 18.1 Å². The number of likely N-dealkylation sites (N-methyl/N-ethyl adjacent to an activating group) is 1. The number of rotatable bonds is 8. The maximum atomic E-state index is 13.1. The van der Waals surface area contributed by atoms with Crippen LogP contribution in [0.1, 0.15) is 12.5 Å². The maximum absolute atomic E-state index is 13.1. The van der Waals surface area contributed by atoms with E-state index in [0.717, 1.165) is 16.1 Å². The van der Waals surface area contributed by atoms with Gasteiger partial charge in [0.05, 0.1) is 26.2 Å². The van der Waals surface area contributed by atoms with Crippen molar-refractivity contribution in [1.29, 1.82) is 0 Å². The van der Waals surface area contributed by atoms with Crippen LogP contribution < -0.4 is 13.8 Å². The van der Waals surface area contributed by atoms with Crippen LogP contribution in [0.4, 0.5) is 5.69 Å². The molecule has 29 heavy (non-hydrogen) atoms. The van der Waals surface area contributed by atoms with Gasteiger partial charge in [-0.15, -0.1) is 0 Å². The topological polar surface area (TPSA) is 76.2 Å². The molecule has 0 spiro atoms. The molecule has 1 amide bonds. The van der Waals surface area contributed by atoms with Crippen LogP contribution in [0.5, 0.6) is 11.5 Å². The third kappa shape index (κ3) is 5.33. The fourth-order valence-corrected chi connectivity index (χ4v) is 4.43. The Balaban J connectivity index is 2.38. The van der Waals surface area contributed by atoms with E-state index in [4.69, 9.17) is 21.1 Å². The van der Waals surface area contributed by atoms with E-state index >= 15 is 0 Å². The number of carbonyl (C=O) groups excluding carboxylic acids is 1. The predicted molar refractivity (Wildman–Crippen MR) is 114 cm³/mol. The fraction of sp³-hybridized carbons (Fsp3) is 0.350. The minimum atomic E-state index is -3.81. The molecule has 0 radical (unpaired) electrons. The highest BCUT2D eigenvalue weighted by Crippen LogP contribution is 2.34. The molecule has 0 unspecified atom stereocenters. The first-order chi connectivity index (χ1) is 13.6. The van der Waals surface area contributed by atoms with E-state index in [1.165, 1.54) is 25.0 Å². The molecule has 0 N–H and O–H groups in total. The van der Waals surface area contributed by atoms with Crippen LogP contribution in [-0.4, -0.2) is 52.8 Å². The highest BCUT2D eigenvalue weighted by Gasteiger charge is 2.33. The van der Waals surface area contributed by atoms with Gasteiger partial charge >= 0.3 is 0 Å². The average molecular weight is 441 g/mol. The van der Waals surface area contributed by atoms with Crippen LogP contribution in [0.2, 0.25) is 5.02 Å². The van der Waals surface area contributed by atoms with Crippen LogP contribution in [0.15, 0.2) is 42.5 Å². The van der Waals surface area contributed by atoms with E-state index in [2.05, 4.69) is 0 Å². The molecule has 7 nitrogen and oxygen atoms in total. The maximum Gasteiger partial charge on any atom is 0.246 e. The van der Waals surface area contributed by atoms with Gasteiger partial charge in [0.15, 0.2) is 0 Å². The number of hydrogen-bond donors (Lipinski definition) is 0. The first-order valence-electron chi connectivity index (χ1n) is 8.80. The standard InChI is InChI=1S/C20H25ClN2O5S/c1-14(20(24)22(2)13-15-8-6-7-9-18(15)27-3)23(29(5,25)26)17-12-16(21)10-11-19(17)28-4/h6-12,14H,13H2,1-5H3/t14-/m0/s1. The Hall–Kier alpha value is -2.45. The van der Waals surface area contributed by atoms with Gasteiger partial charge in [0.25, 0.3) is 0 Å². The molecule has 2 aromatic carbocycles. The van der Waals surface area contributed by atoms with E-state index in [0.29, 0.717) is 16.5 Å². The van der Waals surface area contributed by atoms with E-state index in [9.17, 15) is 13.2 Å². The number of methoxy groups -OCH3 is 2. The molecule has 0 aromatic heterocycles. The molecule has 9 heteroatoms. The minimum absolute atomic E-state index is 0.203. The summed E-state index contributed by atoms with van der Waals surface area (Å²) >= 11 is 6.07. The first-order valence-corrected chi connectivity index (χ1v) is 11.0. The van der Waals surface area contributed by atoms with Crippen molar-refractivity contribution >= 4 is 33.2 Å². The number of nitrogens with zero attached hydrogens (tertiary/aromatic N) is 2. The zero-order valence-corrected chi connectivity index (χ0v) is 18.6. The number of anilines is 1. The normalized spacial score (nSPS) is 12.2. The lowest BCUT2D eigenvalue weighted by atomic mass is 10.1. The van der Waals surface area contributed by atoms with E-state index in [1.807, 2.05) is 18.2 Å². The van der Waals surface area contributed by atoms with Crippen molar-refractivity contribution in [2.24, 2.45) is 0 Å². The van der Waals surface area contributed by atoms with Gasteiger partial charge in [-0.05, 0) is 31.2 Å². The van der Waals surface area contributed by atoms with Crippen LogP contribution >= 0.6 is 11.6 Å². The Bertz CT molecular complexity index is 981. The van der Waals surface area contributed by atoms with Crippen LogP contribution in [-0.2, 0) is 21.4 Å². The Labute approximate surface area is 176 Å². The minimum Gasteiger partial charge on any atom is -0.496 e. The molecule has 0 saturated heterocycles. The number of benzene rings is 2. The largest absolute Gasteiger partial charge is 0.496 e.